The van der Waals surface area contributed by atoms with Gasteiger partial charge >= 0.3 is 6.09 Å². The Morgan fingerprint density at radius 2 is 2.58 bits per heavy atom. The Kier molecular flexibility index (Phi) is 3.14. The molecular formula is C9H15NO2. The summed E-state index contributed by atoms with van der Waals surface area (Å²) in [4.78, 5) is 12.5. The smallest absolute Gasteiger partial charge is 0.414 e. The molecule has 3 heteroatoms. The van der Waals surface area contributed by atoms with Gasteiger partial charge in [-0.1, -0.05) is 19.9 Å². The van der Waals surface area contributed by atoms with Crippen molar-refractivity contribution in [3.05, 3.63) is 12.8 Å². The van der Waals surface area contributed by atoms with Crippen LogP contribution >= 0.6 is 0 Å². The molecule has 1 rings (SSSR count). The van der Waals surface area contributed by atoms with Crippen molar-refractivity contribution in [2.24, 2.45) is 0 Å². The van der Waals surface area contributed by atoms with E-state index in [4.69, 9.17) is 4.74 Å². The van der Waals surface area contributed by atoms with Gasteiger partial charge in [-0.2, -0.15) is 0 Å². The molecule has 0 radical (unpaired) electrons. The van der Waals surface area contributed by atoms with Crippen LogP contribution in [0.25, 0.3) is 0 Å². The molecule has 1 aliphatic rings. The summed E-state index contributed by atoms with van der Waals surface area (Å²) in [6.07, 6.45) is 4.56. The van der Waals surface area contributed by atoms with Crippen LogP contribution in [0.2, 0.25) is 0 Å². The molecule has 1 aliphatic heterocycles. The van der Waals surface area contributed by atoms with Crippen LogP contribution in [0.4, 0.5) is 4.79 Å². The third-order valence-corrected chi connectivity index (χ3v) is 2.00. The zero-order chi connectivity index (χ0) is 8.97. The van der Waals surface area contributed by atoms with Gasteiger partial charge in [-0.05, 0) is 12.8 Å². The molecule has 3 nitrogen and oxygen atoms in total. The number of carbonyl (C=O) groups is 1. The molecule has 0 bridgehead atoms. The van der Waals surface area contributed by atoms with Crippen LogP contribution in [0, 0.1) is 0 Å². The zero-order valence-electron chi connectivity index (χ0n) is 7.45. The first-order chi connectivity index (χ1) is 5.77. The second kappa shape index (κ2) is 4.14. The van der Waals surface area contributed by atoms with Gasteiger partial charge in [0.2, 0.25) is 0 Å². The monoisotopic (exact) mass is 169 g/mol. The average molecular weight is 169 g/mol. The van der Waals surface area contributed by atoms with Crippen molar-refractivity contribution in [1.82, 2.24) is 4.90 Å². The van der Waals surface area contributed by atoms with E-state index >= 15 is 0 Å². The van der Waals surface area contributed by atoms with Crippen molar-refractivity contribution in [3.8, 4) is 0 Å². The third kappa shape index (κ3) is 2.00. The van der Waals surface area contributed by atoms with Crippen molar-refractivity contribution < 1.29 is 9.53 Å². The molecule has 1 saturated heterocycles. The number of rotatable bonds is 4. The molecular weight excluding hydrogens is 154 g/mol. The van der Waals surface area contributed by atoms with Crippen LogP contribution in [0.5, 0.6) is 0 Å². The predicted molar refractivity (Wildman–Crippen MR) is 46.7 cm³/mol. The van der Waals surface area contributed by atoms with Crippen molar-refractivity contribution in [2.75, 3.05) is 6.54 Å². The molecule has 1 amide bonds. The lowest BCUT2D eigenvalue weighted by atomic mass is 10.2. The fraction of sp³-hybridized carbons (Fsp3) is 0.667. The van der Waals surface area contributed by atoms with Crippen molar-refractivity contribution in [3.63, 3.8) is 0 Å². The van der Waals surface area contributed by atoms with Gasteiger partial charge in [0.05, 0.1) is 6.54 Å². The van der Waals surface area contributed by atoms with Gasteiger partial charge in [0.15, 0.2) is 0 Å². The highest BCUT2D eigenvalue weighted by Gasteiger charge is 2.28. The minimum absolute atomic E-state index is 0.0791. The van der Waals surface area contributed by atoms with Gasteiger partial charge in [0.25, 0.3) is 0 Å². The first-order valence-electron chi connectivity index (χ1n) is 4.37. The number of hydrogen-bond acceptors (Lipinski definition) is 2. The molecule has 0 saturated carbocycles. The topological polar surface area (TPSA) is 29.5 Å². The summed E-state index contributed by atoms with van der Waals surface area (Å²) in [6, 6.07) is 0. The second-order valence-electron chi connectivity index (χ2n) is 2.98. The van der Waals surface area contributed by atoms with Crippen LogP contribution in [-0.4, -0.2) is 23.6 Å². The summed E-state index contributed by atoms with van der Waals surface area (Å²) in [5, 5.41) is 0. The highest BCUT2D eigenvalue weighted by molar-refractivity contribution is 5.70. The number of amides is 1. The minimum Gasteiger partial charge on any atom is -0.444 e. The first-order valence-corrected chi connectivity index (χ1v) is 4.37. The molecule has 1 fully saturated rings. The Labute approximate surface area is 73.0 Å². The van der Waals surface area contributed by atoms with Gasteiger partial charge in [0, 0.05) is 6.20 Å². The number of carbonyl (C=O) groups excluding carboxylic acids is 1. The van der Waals surface area contributed by atoms with E-state index in [-0.39, 0.29) is 12.2 Å². The lowest BCUT2D eigenvalue weighted by Crippen LogP contribution is -2.17. The highest BCUT2D eigenvalue weighted by Crippen LogP contribution is 2.15. The normalized spacial score (nSPS) is 22.6. The number of unbranched alkanes of at least 4 members (excludes halogenated alkanes) is 1. The van der Waals surface area contributed by atoms with Gasteiger partial charge < -0.3 is 4.74 Å². The van der Waals surface area contributed by atoms with E-state index in [1.807, 2.05) is 0 Å². The molecule has 1 heterocycles. The lowest BCUT2D eigenvalue weighted by molar-refractivity contribution is 0.130. The van der Waals surface area contributed by atoms with Crippen molar-refractivity contribution in [1.29, 1.82) is 0 Å². The van der Waals surface area contributed by atoms with E-state index in [0.717, 1.165) is 19.3 Å². The number of cyclic esters (lactones) is 1. The van der Waals surface area contributed by atoms with Crippen LogP contribution in [0.3, 0.4) is 0 Å². The number of nitrogens with zero attached hydrogens (tertiary/aromatic N) is 1. The Morgan fingerprint density at radius 1 is 1.83 bits per heavy atom. The molecule has 1 unspecified atom stereocenters. The summed E-state index contributed by atoms with van der Waals surface area (Å²) in [6.45, 7) is 6.33. The standard InChI is InChI=1S/C9H15NO2/c1-3-5-6-8-7-10(4-2)9(11)12-8/h4,8H,2-3,5-7H2,1H3. The quantitative estimate of drug-likeness (QED) is 0.645. The highest BCUT2D eigenvalue weighted by atomic mass is 16.6. The fourth-order valence-electron chi connectivity index (χ4n) is 1.27. The van der Waals surface area contributed by atoms with Crippen LogP contribution < -0.4 is 0 Å². The zero-order valence-corrected chi connectivity index (χ0v) is 7.45. The summed E-state index contributed by atoms with van der Waals surface area (Å²) in [7, 11) is 0. The Hall–Kier alpha value is -0.990. The Morgan fingerprint density at radius 3 is 3.08 bits per heavy atom. The Bertz CT molecular complexity index is 179. The number of ether oxygens (including phenoxy) is 1. The molecule has 1 atom stereocenters. The SMILES string of the molecule is C=CN1CC(CCCC)OC1=O. The van der Waals surface area contributed by atoms with Crippen molar-refractivity contribution >= 4 is 6.09 Å². The third-order valence-electron chi connectivity index (χ3n) is 2.00. The maximum Gasteiger partial charge on any atom is 0.414 e. The second-order valence-corrected chi connectivity index (χ2v) is 2.98. The maximum absolute atomic E-state index is 11.0. The van der Waals surface area contributed by atoms with E-state index < -0.39 is 0 Å². The minimum atomic E-state index is -0.258. The van der Waals surface area contributed by atoms with Crippen molar-refractivity contribution in [2.45, 2.75) is 32.3 Å². The predicted octanol–water partition coefficient (Wildman–Crippen LogP) is 2.14. The summed E-state index contributed by atoms with van der Waals surface area (Å²) < 4.78 is 5.08. The molecule has 0 aromatic heterocycles. The van der Waals surface area contributed by atoms with Gasteiger partial charge in [-0.15, -0.1) is 0 Å². The molecule has 68 valence electrons. The van der Waals surface area contributed by atoms with E-state index in [9.17, 15) is 4.79 Å². The summed E-state index contributed by atoms with van der Waals surface area (Å²) in [5.41, 5.74) is 0. The molecule has 0 N–H and O–H groups in total. The van der Waals surface area contributed by atoms with Gasteiger partial charge in [-0.3, -0.25) is 4.90 Å². The van der Waals surface area contributed by atoms with E-state index in [2.05, 4.69) is 13.5 Å². The first kappa shape index (κ1) is 9.10. The van der Waals surface area contributed by atoms with Crippen LogP contribution in [0.1, 0.15) is 26.2 Å². The van der Waals surface area contributed by atoms with Gasteiger partial charge in [-0.25, -0.2) is 4.79 Å². The van der Waals surface area contributed by atoms with E-state index in [1.165, 1.54) is 11.1 Å². The molecule has 0 aromatic carbocycles. The van der Waals surface area contributed by atoms with E-state index in [1.54, 1.807) is 0 Å². The molecule has 0 spiro atoms. The van der Waals surface area contributed by atoms with Crippen LogP contribution in [-0.2, 0) is 4.74 Å². The maximum atomic E-state index is 11.0. The summed E-state index contributed by atoms with van der Waals surface area (Å²) >= 11 is 0. The molecule has 0 aliphatic carbocycles. The van der Waals surface area contributed by atoms with Crippen LogP contribution in [0.15, 0.2) is 12.8 Å². The Balaban J connectivity index is 2.32. The number of hydrogen-bond donors (Lipinski definition) is 0. The fourth-order valence-corrected chi connectivity index (χ4v) is 1.27. The molecule has 12 heavy (non-hydrogen) atoms. The van der Waals surface area contributed by atoms with E-state index in [0.29, 0.717) is 6.54 Å². The molecule has 0 aromatic rings. The largest absolute Gasteiger partial charge is 0.444 e. The summed E-state index contributed by atoms with van der Waals surface area (Å²) in [5.74, 6) is 0. The average Bonchev–Trinajstić information content (AvgIpc) is 2.43. The van der Waals surface area contributed by atoms with Gasteiger partial charge in [0.1, 0.15) is 6.10 Å². The lowest BCUT2D eigenvalue weighted by Gasteiger charge is -2.05.